The number of aromatic amines is 1. The maximum absolute atomic E-state index is 12.8. The molecule has 0 saturated carbocycles. The normalized spacial score (nSPS) is 11.7. The van der Waals surface area contributed by atoms with E-state index in [-0.39, 0.29) is 22.0 Å². The summed E-state index contributed by atoms with van der Waals surface area (Å²) in [5, 5.41) is 11.7. The Kier molecular flexibility index (Phi) is 5.05. The Bertz CT molecular complexity index is 1300. The molecule has 7 heteroatoms. The second-order valence-corrected chi connectivity index (χ2v) is 7.79. The number of halogens is 1. The molecular weight excluding hydrogens is 408 g/mol. The van der Waals surface area contributed by atoms with Gasteiger partial charge in [0.15, 0.2) is 5.82 Å². The summed E-state index contributed by atoms with van der Waals surface area (Å²) in [4.78, 5) is 31.6. The number of thiophene rings is 1. The summed E-state index contributed by atoms with van der Waals surface area (Å²) in [6.07, 6.45) is 1.63. The van der Waals surface area contributed by atoms with Gasteiger partial charge in [-0.15, -0.1) is 11.3 Å². The van der Waals surface area contributed by atoms with E-state index in [0.29, 0.717) is 15.8 Å². The largest absolute Gasteiger partial charge is 0.478 e. The molecule has 0 fully saturated rings. The van der Waals surface area contributed by atoms with Crippen molar-refractivity contribution >= 4 is 50.2 Å². The first-order valence-electron chi connectivity index (χ1n) is 8.72. The second kappa shape index (κ2) is 7.66. The average molecular weight is 423 g/mol. The number of carboxylic acids is 1. The highest BCUT2D eigenvalue weighted by Crippen LogP contribution is 2.31. The SMILES string of the molecule is Cc1ccc(-c2csc3nc(/C(Cl)=C/c4ccc(C(=O)O)cc4)[nH]c(=O)c23)cc1. The topological polar surface area (TPSA) is 83.0 Å². The van der Waals surface area contributed by atoms with Crippen LogP contribution in [0, 0.1) is 6.92 Å². The number of aryl methyl sites for hydroxylation is 1. The Morgan fingerprint density at radius 2 is 1.83 bits per heavy atom. The summed E-state index contributed by atoms with van der Waals surface area (Å²) in [6, 6.07) is 14.2. The molecule has 29 heavy (non-hydrogen) atoms. The van der Waals surface area contributed by atoms with E-state index in [4.69, 9.17) is 16.7 Å². The molecule has 0 aliphatic rings. The Hall–Kier alpha value is -3.22. The fraction of sp³-hybridized carbons (Fsp3) is 0.0455. The summed E-state index contributed by atoms with van der Waals surface area (Å²) < 4.78 is 0. The van der Waals surface area contributed by atoms with Crippen LogP contribution in [0.4, 0.5) is 0 Å². The molecule has 0 aliphatic heterocycles. The fourth-order valence-corrected chi connectivity index (χ4v) is 4.11. The Morgan fingerprint density at radius 1 is 1.14 bits per heavy atom. The standard InChI is InChI=1S/C22H15ClN2O3S/c1-12-2-6-14(7-3-12)16-11-29-21-18(16)20(26)24-19(25-21)17(23)10-13-4-8-15(9-5-13)22(27)28/h2-11H,1H3,(H,27,28)(H,24,25,26)/b17-10-. The number of rotatable bonds is 4. The molecule has 0 spiro atoms. The zero-order valence-corrected chi connectivity index (χ0v) is 16.8. The lowest BCUT2D eigenvalue weighted by Crippen LogP contribution is -2.10. The maximum atomic E-state index is 12.8. The van der Waals surface area contributed by atoms with Crippen LogP contribution in [-0.4, -0.2) is 21.0 Å². The molecule has 2 aromatic heterocycles. The zero-order chi connectivity index (χ0) is 20.5. The number of hydrogen-bond donors (Lipinski definition) is 2. The quantitative estimate of drug-likeness (QED) is 0.461. The van der Waals surface area contributed by atoms with E-state index in [9.17, 15) is 9.59 Å². The number of H-pyrrole nitrogens is 1. The monoisotopic (exact) mass is 422 g/mol. The summed E-state index contributed by atoms with van der Waals surface area (Å²) in [5.74, 6) is -0.728. The van der Waals surface area contributed by atoms with Crippen LogP contribution in [0.5, 0.6) is 0 Å². The number of fused-ring (bicyclic) bond motifs is 1. The van der Waals surface area contributed by atoms with Gasteiger partial charge in [-0.3, -0.25) is 4.79 Å². The van der Waals surface area contributed by atoms with Crippen LogP contribution >= 0.6 is 22.9 Å². The van der Waals surface area contributed by atoms with E-state index in [1.54, 1.807) is 18.2 Å². The minimum Gasteiger partial charge on any atom is -0.478 e. The van der Waals surface area contributed by atoms with Gasteiger partial charge in [-0.2, -0.15) is 0 Å². The number of benzene rings is 2. The molecule has 0 aliphatic carbocycles. The Labute approximate surface area is 174 Å². The average Bonchev–Trinajstić information content (AvgIpc) is 3.13. The van der Waals surface area contributed by atoms with Gasteiger partial charge < -0.3 is 10.1 Å². The molecule has 0 radical (unpaired) electrons. The van der Waals surface area contributed by atoms with E-state index in [2.05, 4.69) is 9.97 Å². The summed E-state index contributed by atoms with van der Waals surface area (Å²) in [5.41, 5.74) is 3.59. The molecule has 144 valence electrons. The third-order valence-electron chi connectivity index (χ3n) is 4.48. The van der Waals surface area contributed by atoms with E-state index in [1.165, 1.54) is 23.5 Å². The first-order valence-corrected chi connectivity index (χ1v) is 9.97. The molecule has 4 rings (SSSR count). The van der Waals surface area contributed by atoms with E-state index in [1.807, 2.05) is 36.6 Å². The molecule has 5 nitrogen and oxygen atoms in total. The summed E-state index contributed by atoms with van der Waals surface area (Å²) in [7, 11) is 0. The van der Waals surface area contributed by atoms with Crippen LogP contribution in [0.1, 0.15) is 27.3 Å². The van der Waals surface area contributed by atoms with Crippen molar-refractivity contribution in [2.24, 2.45) is 0 Å². The van der Waals surface area contributed by atoms with Crippen LogP contribution in [0.3, 0.4) is 0 Å². The van der Waals surface area contributed by atoms with E-state index < -0.39 is 5.97 Å². The van der Waals surface area contributed by atoms with Crippen LogP contribution in [0.15, 0.2) is 58.7 Å². The van der Waals surface area contributed by atoms with E-state index in [0.717, 1.165) is 16.7 Å². The van der Waals surface area contributed by atoms with Gasteiger partial charge >= 0.3 is 5.97 Å². The third kappa shape index (κ3) is 3.85. The summed E-state index contributed by atoms with van der Waals surface area (Å²) in [6.45, 7) is 2.01. The first kappa shape index (κ1) is 19.1. The van der Waals surface area contributed by atoms with Gasteiger partial charge in [0.25, 0.3) is 5.56 Å². The van der Waals surface area contributed by atoms with Crippen molar-refractivity contribution in [3.05, 3.63) is 86.8 Å². The van der Waals surface area contributed by atoms with Gasteiger partial charge in [-0.25, -0.2) is 9.78 Å². The molecule has 0 atom stereocenters. The van der Waals surface area contributed by atoms with Gasteiger partial charge in [0, 0.05) is 10.9 Å². The van der Waals surface area contributed by atoms with Crippen molar-refractivity contribution in [2.45, 2.75) is 6.92 Å². The molecular formula is C22H15ClN2O3S. The molecule has 2 aromatic carbocycles. The lowest BCUT2D eigenvalue weighted by Gasteiger charge is -2.03. The smallest absolute Gasteiger partial charge is 0.335 e. The molecule has 0 bridgehead atoms. The second-order valence-electron chi connectivity index (χ2n) is 6.53. The van der Waals surface area contributed by atoms with Crippen LogP contribution < -0.4 is 5.56 Å². The minimum absolute atomic E-state index is 0.188. The van der Waals surface area contributed by atoms with Crippen LogP contribution in [0.2, 0.25) is 0 Å². The number of aromatic carboxylic acids is 1. The zero-order valence-electron chi connectivity index (χ0n) is 15.3. The molecule has 2 heterocycles. The number of nitrogens with one attached hydrogen (secondary N) is 1. The number of nitrogens with zero attached hydrogens (tertiary/aromatic N) is 1. The van der Waals surface area contributed by atoms with Crippen molar-refractivity contribution in [1.82, 2.24) is 9.97 Å². The number of aromatic nitrogens is 2. The van der Waals surface area contributed by atoms with Gasteiger partial charge in [0.1, 0.15) is 4.83 Å². The van der Waals surface area contributed by atoms with Gasteiger partial charge in [-0.1, -0.05) is 53.6 Å². The third-order valence-corrected chi connectivity index (χ3v) is 5.64. The molecule has 0 unspecified atom stereocenters. The predicted octanol–water partition coefficient (Wildman–Crippen LogP) is 5.40. The Morgan fingerprint density at radius 3 is 2.48 bits per heavy atom. The first-order chi connectivity index (χ1) is 13.9. The highest BCUT2D eigenvalue weighted by Gasteiger charge is 2.14. The molecule has 4 aromatic rings. The number of hydrogen-bond acceptors (Lipinski definition) is 4. The fourth-order valence-electron chi connectivity index (χ4n) is 2.94. The van der Waals surface area contributed by atoms with Crippen molar-refractivity contribution in [3.63, 3.8) is 0 Å². The van der Waals surface area contributed by atoms with Crippen molar-refractivity contribution in [2.75, 3.05) is 0 Å². The minimum atomic E-state index is -0.995. The van der Waals surface area contributed by atoms with Crippen molar-refractivity contribution < 1.29 is 9.90 Å². The van der Waals surface area contributed by atoms with Crippen LogP contribution in [0.25, 0.3) is 32.5 Å². The van der Waals surface area contributed by atoms with Gasteiger partial charge in [-0.05, 0) is 36.3 Å². The lowest BCUT2D eigenvalue weighted by molar-refractivity contribution is 0.0697. The van der Waals surface area contributed by atoms with Crippen molar-refractivity contribution in [3.8, 4) is 11.1 Å². The maximum Gasteiger partial charge on any atom is 0.335 e. The highest BCUT2D eigenvalue weighted by atomic mass is 35.5. The van der Waals surface area contributed by atoms with Gasteiger partial charge in [0.05, 0.1) is 16.0 Å². The molecule has 0 saturated heterocycles. The van der Waals surface area contributed by atoms with Crippen LogP contribution in [-0.2, 0) is 0 Å². The lowest BCUT2D eigenvalue weighted by atomic mass is 10.1. The highest BCUT2D eigenvalue weighted by molar-refractivity contribution is 7.17. The predicted molar refractivity (Wildman–Crippen MR) is 118 cm³/mol. The molecule has 0 amide bonds. The number of carboxylic acid groups (broad SMARTS) is 1. The summed E-state index contributed by atoms with van der Waals surface area (Å²) >= 11 is 7.76. The van der Waals surface area contributed by atoms with Gasteiger partial charge in [0.2, 0.25) is 0 Å². The molecule has 2 N–H and O–H groups in total. The Balaban J connectivity index is 1.73. The number of carbonyl (C=O) groups is 1. The van der Waals surface area contributed by atoms with Crippen molar-refractivity contribution in [1.29, 1.82) is 0 Å². The van der Waals surface area contributed by atoms with E-state index >= 15 is 0 Å².